The van der Waals surface area contributed by atoms with Gasteiger partial charge < -0.3 is 35.1 Å². The molecule has 1 fully saturated rings. The van der Waals surface area contributed by atoms with E-state index in [4.69, 9.17) is 9.47 Å². The predicted octanol–water partition coefficient (Wildman–Crippen LogP) is 8.26. The van der Waals surface area contributed by atoms with E-state index in [9.17, 15) is 19.5 Å². The minimum atomic E-state index is -1.64. The number of alkyl halides is 1. The maximum atomic E-state index is 16.4. The number of aromatic amines is 1. The summed E-state index contributed by atoms with van der Waals surface area (Å²) in [7, 11) is 0. The number of para-hydroxylation sites is 1. The van der Waals surface area contributed by atoms with Crippen LogP contribution in [0.15, 0.2) is 84.5 Å². The molecule has 1 saturated heterocycles. The first kappa shape index (κ1) is 50.3. The number of fused-ring (bicyclic) bond motifs is 3. The number of benzene rings is 3. The molecule has 17 heteroatoms. The molecule has 5 atom stereocenters. The number of nitrogens with one attached hydrogen (secondary N) is 3. The highest BCUT2D eigenvalue weighted by molar-refractivity contribution is 7.13. The van der Waals surface area contributed by atoms with Gasteiger partial charge in [0.05, 0.1) is 40.5 Å². The van der Waals surface area contributed by atoms with Crippen LogP contribution in [0, 0.1) is 24.0 Å². The summed E-state index contributed by atoms with van der Waals surface area (Å²) >= 11 is 1.55. The second kappa shape index (κ2) is 20.7. The number of aryl methyl sites for hydroxylation is 1. The van der Waals surface area contributed by atoms with Crippen molar-refractivity contribution in [3.8, 4) is 16.2 Å². The molecule has 6 aromatic rings. The largest absolute Gasteiger partial charge is 0.487 e. The van der Waals surface area contributed by atoms with Crippen molar-refractivity contribution in [2.24, 2.45) is 5.41 Å². The Morgan fingerprint density at radius 2 is 1.71 bits per heavy atom. The highest BCUT2D eigenvalue weighted by atomic mass is 32.1. The summed E-state index contributed by atoms with van der Waals surface area (Å²) in [5.41, 5.74) is 5.34. The molecule has 2 aliphatic heterocycles. The fourth-order valence-electron chi connectivity index (χ4n) is 9.53. The van der Waals surface area contributed by atoms with E-state index < -0.39 is 71.3 Å². The molecule has 3 amide bonds. The standard InChI is InChI=1S/C53H60F3N7O6S/c1-30-19-38-37-12-8-9-13-41(37)60-46(38)47(63(30)28-53(6,7)56)45-39(54)21-36(22-40(45)55)69-26-42-34(11-10-18-57-42)25-68-27-44(65)61-49(52(3,4)5)51(67)62-24-35(64)20-43(62)50(66)58-23-32-14-16-33(17-15-32)48-31(2)59-29-70-48/h8-18,21-22,29-30,35,43,47,49,60,64H,19-20,23-28H2,1-7H3,(H,58,66)(H,61,65)/t30-,35-,43+,47-,49-/m1/s1. The van der Waals surface area contributed by atoms with Crippen molar-refractivity contribution in [1.29, 1.82) is 0 Å². The van der Waals surface area contributed by atoms with E-state index in [2.05, 4.69) is 25.6 Å². The lowest BCUT2D eigenvalue weighted by Gasteiger charge is -2.43. The zero-order chi connectivity index (χ0) is 50.1. The molecule has 5 heterocycles. The van der Waals surface area contributed by atoms with E-state index in [1.54, 1.807) is 49.8 Å². The Morgan fingerprint density at radius 1 is 0.986 bits per heavy atom. The fraction of sp³-hybridized carbons (Fsp3) is 0.415. The third-order valence-corrected chi connectivity index (χ3v) is 13.9. The maximum Gasteiger partial charge on any atom is 0.246 e. The first-order valence-corrected chi connectivity index (χ1v) is 24.3. The molecule has 2 aliphatic rings. The lowest BCUT2D eigenvalue weighted by molar-refractivity contribution is -0.144. The van der Waals surface area contributed by atoms with Gasteiger partial charge in [0.2, 0.25) is 17.7 Å². The molecule has 0 unspecified atom stereocenters. The number of nitrogens with zero attached hydrogens (tertiary/aromatic N) is 4. The molecule has 13 nitrogen and oxygen atoms in total. The number of aliphatic hydroxyl groups is 1. The molecule has 4 N–H and O–H groups in total. The van der Waals surface area contributed by atoms with Gasteiger partial charge in [-0.05, 0) is 68.4 Å². The topological polar surface area (TPSA) is 162 Å². The van der Waals surface area contributed by atoms with Crippen molar-refractivity contribution in [3.63, 3.8) is 0 Å². The third-order valence-electron chi connectivity index (χ3n) is 13.0. The van der Waals surface area contributed by atoms with Gasteiger partial charge in [-0.25, -0.2) is 18.2 Å². The molecule has 8 rings (SSSR count). The molecule has 0 aliphatic carbocycles. The highest BCUT2D eigenvalue weighted by Gasteiger charge is 2.45. The van der Waals surface area contributed by atoms with Gasteiger partial charge in [-0.3, -0.25) is 24.3 Å². The van der Waals surface area contributed by atoms with Crippen molar-refractivity contribution in [3.05, 3.63) is 135 Å². The number of H-pyrrole nitrogens is 1. The number of hydrogen-bond donors (Lipinski definition) is 4. The number of carbonyl (C=O) groups excluding carboxylic acids is 3. The summed E-state index contributed by atoms with van der Waals surface area (Å²) in [6.45, 7) is 11.6. The molecular formula is C53H60F3N7O6S. The first-order chi connectivity index (χ1) is 33.3. The molecule has 0 spiro atoms. The highest BCUT2D eigenvalue weighted by Crippen LogP contribution is 2.44. The van der Waals surface area contributed by atoms with Crippen LogP contribution >= 0.6 is 11.3 Å². The monoisotopic (exact) mass is 979 g/mol. The molecule has 0 bridgehead atoms. The molecule has 3 aromatic carbocycles. The van der Waals surface area contributed by atoms with Crippen LogP contribution in [-0.4, -0.2) is 97.2 Å². The molecule has 0 saturated carbocycles. The number of rotatable bonds is 16. The molecule has 70 heavy (non-hydrogen) atoms. The van der Waals surface area contributed by atoms with Crippen LogP contribution in [-0.2, 0) is 45.3 Å². The molecule has 3 aromatic heterocycles. The van der Waals surface area contributed by atoms with E-state index in [-0.39, 0.29) is 56.6 Å². The lowest BCUT2D eigenvalue weighted by Crippen LogP contribution is -2.58. The minimum Gasteiger partial charge on any atom is -0.487 e. The number of aromatic nitrogens is 3. The Balaban J connectivity index is 0.884. The van der Waals surface area contributed by atoms with Crippen LogP contribution in [0.3, 0.4) is 0 Å². The Hall–Kier alpha value is -6.14. The van der Waals surface area contributed by atoms with Crippen molar-refractivity contribution >= 4 is 40.0 Å². The number of β-amino-alcohol motifs (C(OH)–C–C–N with tert-alkyl or cyclic N) is 1. The lowest BCUT2D eigenvalue weighted by atomic mass is 9.85. The molecule has 0 radical (unpaired) electrons. The summed E-state index contributed by atoms with van der Waals surface area (Å²) in [4.78, 5) is 57.4. The summed E-state index contributed by atoms with van der Waals surface area (Å²) < 4.78 is 59.7. The van der Waals surface area contributed by atoms with E-state index in [0.29, 0.717) is 23.4 Å². The van der Waals surface area contributed by atoms with Crippen LogP contribution in [0.1, 0.15) is 93.3 Å². The van der Waals surface area contributed by atoms with Gasteiger partial charge in [0.1, 0.15) is 48.4 Å². The van der Waals surface area contributed by atoms with E-state index in [0.717, 1.165) is 50.3 Å². The number of thiazole rings is 1. The number of amides is 3. The Morgan fingerprint density at radius 3 is 2.40 bits per heavy atom. The van der Waals surface area contributed by atoms with Gasteiger partial charge in [0.25, 0.3) is 0 Å². The van der Waals surface area contributed by atoms with Gasteiger partial charge in [-0.15, -0.1) is 11.3 Å². The number of pyridine rings is 1. The quantitative estimate of drug-likeness (QED) is 0.0749. The second-order valence-electron chi connectivity index (χ2n) is 20.0. The number of halogens is 3. The summed E-state index contributed by atoms with van der Waals surface area (Å²) in [5.74, 6) is -3.27. The smallest absolute Gasteiger partial charge is 0.246 e. The van der Waals surface area contributed by atoms with Crippen molar-refractivity contribution in [2.75, 3.05) is 19.7 Å². The number of hydrogen-bond acceptors (Lipinski definition) is 10. The number of carbonyl (C=O) groups is 3. The van der Waals surface area contributed by atoms with Crippen molar-refractivity contribution in [2.45, 2.75) is 117 Å². The number of ether oxygens (including phenoxy) is 2. The number of aliphatic hydroxyl groups excluding tert-OH is 1. The predicted molar refractivity (Wildman–Crippen MR) is 261 cm³/mol. The van der Waals surface area contributed by atoms with Gasteiger partial charge in [0.15, 0.2) is 0 Å². The molecular weight excluding hydrogens is 920 g/mol. The van der Waals surface area contributed by atoms with Crippen molar-refractivity contribution < 1.29 is 42.1 Å². The van der Waals surface area contributed by atoms with Crippen LogP contribution < -0.4 is 15.4 Å². The van der Waals surface area contributed by atoms with E-state index in [1.165, 1.54) is 24.9 Å². The normalized spacial score (nSPS) is 19.0. The van der Waals surface area contributed by atoms with Gasteiger partial charge >= 0.3 is 0 Å². The summed E-state index contributed by atoms with van der Waals surface area (Å²) in [6, 6.07) is 18.0. The van der Waals surface area contributed by atoms with Crippen LogP contribution in [0.25, 0.3) is 21.3 Å². The zero-order valence-electron chi connectivity index (χ0n) is 40.4. The van der Waals surface area contributed by atoms with Crippen LogP contribution in [0.2, 0.25) is 0 Å². The van der Waals surface area contributed by atoms with E-state index in [1.807, 2.05) is 67.3 Å². The van der Waals surface area contributed by atoms with Crippen molar-refractivity contribution in [1.82, 2.24) is 35.4 Å². The van der Waals surface area contributed by atoms with Gasteiger partial charge in [0, 0.05) is 78.2 Å². The SMILES string of the molecule is Cc1ncsc1-c1ccc(CNC(=O)[C@@H]2C[C@@H](O)CN2C(=O)[C@@H](NC(=O)COCc2cccnc2COc2cc(F)c([C@@H]3c4[nH]c5ccccc5c4C[C@@H](C)N3CC(C)(C)F)c(F)c2)C(C)(C)C)cc1. The van der Waals surface area contributed by atoms with Gasteiger partial charge in [-0.1, -0.05) is 69.3 Å². The van der Waals surface area contributed by atoms with Gasteiger partial charge in [-0.2, -0.15) is 0 Å². The van der Waals surface area contributed by atoms with E-state index >= 15 is 13.2 Å². The Bertz CT molecular complexity index is 2840. The second-order valence-corrected chi connectivity index (χ2v) is 20.9. The average Bonchev–Trinajstić information content (AvgIpc) is 4.03. The van der Waals surface area contributed by atoms with Crippen LogP contribution in [0.5, 0.6) is 5.75 Å². The first-order valence-electron chi connectivity index (χ1n) is 23.5. The Kier molecular flexibility index (Phi) is 14.8. The third kappa shape index (κ3) is 11.2. The summed E-state index contributed by atoms with van der Waals surface area (Å²) in [6.07, 6.45) is 1.23. The maximum absolute atomic E-state index is 16.4. The fourth-order valence-corrected chi connectivity index (χ4v) is 10.3. The molecule has 370 valence electrons. The zero-order valence-corrected chi connectivity index (χ0v) is 41.3. The number of likely N-dealkylation sites (tertiary alicyclic amines) is 1. The average molecular weight is 980 g/mol. The van der Waals surface area contributed by atoms with Crippen LogP contribution in [0.4, 0.5) is 13.2 Å². The Labute approximate surface area is 409 Å². The summed E-state index contributed by atoms with van der Waals surface area (Å²) in [5, 5.41) is 17.3. The minimum absolute atomic E-state index is 0.0484.